The van der Waals surface area contributed by atoms with Gasteiger partial charge in [0.05, 0.1) is 0 Å². The number of aliphatic hydroxyl groups excluding tert-OH is 1. The Balaban J connectivity index is 0. The molecule has 0 radical (unpaired) electrons. The topological polar surface area (TPSA) is 87.0 Å². The molecule has 0 saturated carbocycles. The van der Waals surface area contributed by atoms with E-state index >= 15 is 0 Å². The fourth-order valence-corrected chi connectivity index (χ4v) is 2.61. The molecule has 0 saturated heterocycles. The number of hydrogen-bond donors (Lipinski definition) is 3. The summed E-state index contributed by atoms with van der Waals surface area (Å²) >= 11 is 0. The first-order chi connectivity index (χ1) is 10.4. The van der Waals surface area contributed by atoms with E-state index < -0.39 is 13.9 Å². The Kier molecular flexibility index (Phi) is 19.3. The predicted molar refractivity (Wildman–Crippen MR) is 92.1 cm³/mol. The molecule has 136 valence electrons. The quantitative estimate of drug-likeness (QED) is 0.262. The normalized spacial score (nSPS) is 12.6. The van der Waals surface area contributed by atoms with E-state index in [9.17, 15) is 4.57 Å². The molecule has 0 rings (SSSR count). The first-order valence-corrected chi connectivity index (χ1v) is 10.4. The zero-order valence-electron chi connectivity index (χ0n) is 14.7. The fraction of sp³-hybridized carbons (Fsp3) is 1.00. The van der Waals surface area contributed by atoms with E-state index in [0.29, 0.717) is 12.8 Å². The van der Waals surface area contributed by atoms with Crippen LogP contribution in [0.4, 0.5) is 0 Å². The van der Waals surface area contributed by atoms with Crippen molar-refractivity contribution in [1.82, 2.24) is 0 Å². The second kappa shape index (κ2) is 17.4. The van der Waals surface area contributed by atoms with Gasteiger partial charge in [0.25, 0.3) is 0 Å². The Morgan fingerprint density at radius 2 is 1.27 bits per heavy atom. The molecule has 0 aliphatic carbocycles. The van der Waals surface area contributed by atoms with Gasteiger partial charge in [0, 0.05) is 13.3 Å². The van der Waals surface area contributed by atoms with Crippen molar-refractivity contribution in [3.63, 3.8) is 0 Å². The fourth-order valence-electron chi connectivity index (χ4n) is 1.97. The molecular weight excluding hydrogens is 303 g/mol. The molecule has 0 spiro atoms. The van der Waals surface area contributed by atoms with Gasteiger partial charge in [-0.25, -0.2) is 0 Å². The lowest BCUT2D eigenvalue weighted by Gasteiger charge is -2.03. The number of methoxy groups -OCH3 is 1. The first kappa shape index (κ1) is 24.3. The van der Waals surface area contributed by atoms with Crippen LogP contribution in [-0.2, 0) is 9.30 Å². The second-order valence-corrected chi connectivity index (χ2v) is 7.45. The number of unbranched alkanes of at least 4 members (excludes halogenated alkanes) is 9. The maximum atomic E-state index is 10.6. The van der Waals surface area contributed by atoms with Crippen LogP contribution in [0.1, 0.15) is 84.5 Å². The van der Waals surface area contributed by atoms with Gasteiger partial charge in [-0.2, -0.15) is 0 Å². The van der Waals surface area contributed by atoms with Gasteiger partial charge in [-0.15, -0.1) is 0 Å². The number of rotatable bonds is 13. The summed E-state index contributed by atoms with van der Waals surface area (Å²) in [5.41, 5.74) is 0. The van der Waals surface area contributed by atoms with Crippen LogP contribution >= 0.6 is 7.60 Å². The van der Waals surface area contributed by atoms with Gasteiger partial charge in [-0.05, 0) is 12.8 Å². The highest BCUT2D eigenvalue weighted by molar-refractivity contribution is 7.51. The van der Waals surface area contributed by atoms with Crippen LogP contribution in [0.2, 0.25) is 0 Å². The highest BCUT2D eigenvalue weighted by Crippen LogP contribution is 2.35. The molecule has 3 N–H and O–H groups in total. The van der Waals surface area contributed by atoms with Gasteiger partial charge >= 0.3 is 7.60 Å². The molecule has 1 atom stereocenters. The Morgan fingerprint density at radius 3 is 1.55 bits per heavy atom. The molecule has 0 aliphatic heterocycles. The Hall–Kier alpha value is 0.0700. The van der Waals surface area contributed by atoms with Gasteiger partial charge in [0.15, 0.2) is 6.29 Å². The van der Waals surface area contributed by atoms with E-state index in [4.69, 9.17) is 14.9 Å². The highest BCUT2D eigenvalue weighted by Gasteiger charge is 2.10. The third kappa shape index (κ3) is 25.0. The Bertz CT molecular complexity index is 251. The summed E-state index contributed by atoms with van der Waals surface area (Å²) in [5.74, 6) is 0. The second-order valence-electron chi connectivity index (χ2n) is 5.67. The van der Waals surface area contributed by atoms with Crippen LogP contribution in [0, 0.1) is 0 Å². The molecule has 6 heteroatoms. The third-order valence-electron chi connectivity index (χ3n) is 3.42. The van der Waals surface area contributed by atoms with Crippen molar-refractivity contribution in [2.45, 2.75) is 90.8 Å². The van der Waals surface area contributed by atoms with Crippen molar-refractivity contribution in [3.8, 4) is 0 Å². The molecule has 0 aliphatic rings. The first-order valence-electron chi connectivity index (χ1n) is 8.62. The van der Waals surface area contributed by atoms with Gasteiger partial charge in [0.1, 0.15) is 0 Å². The Morgan fingerprint density at radius 1 is 0.864 bits per heavy atom. The highest BCUT2D eigenvalue weighted by atomic mass is 31.2. The standard InChI is InChI=1S/C12H27O3P.C4H10O2/c1-2-3-4-5-6-7-8-9-10-11-12-16(13,14)15;1-3-4(5)6-2/h2-12H2,1H3,(H2,13,14,15);4-5H,3H2,1-2H3. The maximum absolute atomic E-state index is 10.6. The van der Waals surface area contributed by atoms with Crippen LogP contribution in [0.25, 0.3) is 0 Å². The van der Waals surface area contributed by atoms with Crippen molar-refractivity contribution >= 4 is 7.60 Å². The van der Waals surface area contributed by atoms with Crippen LogP contribution in [0.5, 0.6) is 0 Å². The van der Waals surface area contributed by atoms with Crippen LogP contribution in [-0.4, -0.2) is 34.5 Å². The average Bonchev–Trinajstić information content (AvgIpc) is 2.48. The average molecular weight is 340 g/mol. The van der Waals surface area contributed by atoms with Crippen LogP contribution in [0.15, 0.2) is 0 Å². The molecule has 0 amide bonds. The van der Waals surface area contributed by atoms with E-state index in [1.165, 1.54) is 52.1 Å². The SMILES string of the molecule is CCC(O)OC.CCCCCCCCCCCCP(=O)(O)O. The molecule has 0 heterocycles. The van der Waals surface area contributed by atoms with Crippen LogP contribution < -0.4 is 0 Å². The largest absolute Gasteiger partial charge is 0.368 e. The third-order valence-corrected chi connectivity index (χ3v) is 4.32. The van der Waals surface area contributed by atoms with Crippen molar-refractivity contribution in [2.75, 3.05) is 13.3 Å². The summed E-state index contributed by atoms with van der Waals surface area (Å²) in [6.07, 6.45) is 12.1. The van der Waals surface area contributed by atoms with Gasteiger partial charge in [0.2, 0.25) is 0 Å². The van der Waals surface area contributed by atoms with Crippen molar-refractivity contribution in [1.29, 1.82) is 0 Å². The zero-order chi connectivity index (χ0) is 17.3. The summed E-state index contributed by atoms with van der Waals surface area (Å²) in [6.45, 7) is 4.08. The van der Waals surface area contributed by atoms with E-state index in [2.05, 4.69) is 11.7 Å². The molecule has 0 aromatic carbocycles. The predicted octanol–water partition coefficient (Wildman–Crippen LogP) is 4.45. The lowest BCUT2D eigenvalue weighted by Crippen LogP contribution is -2.05. The molecular formula is C16H37O5P. The summed E-state index contributed by atoms with van der Waals surface area (Å²) in [7, 11) is -2.26. The zero-order valence-corrected chi connectivity index (χ0v) is 15.6. The van der Waals surface area contributed by atoms with Gasteiger partial charge in [-0.3, -0.25) is 4.57 Å². The molecule has 0 aromatic heterocycles. The summed E-state index contributed by atoms with van der Waals surface area (Å²) in [4.78, 5) is 17.3. The smallest absolute Gasteiger partial charge is 0.325 e. The lowest BCUT2D eigenvalue weighted by molar-refractivity contribution is -0.0748. The Labute approximate surface area is 136 Å². The number of ether oxygens (including phenoxy) is 1. The van der Waals surface area contributed by atoms with Gasteiger partial charge in [-0.1, -0.05) is 71.6 Å². The maximum Gasteiger partial charge on any atom is 0.325 e. The van der Waals surface area contributed by atoms with Crippen molar-refractivity contribution in [2.24, 2.45) is 0 Å². The summed E-state index contributed by atoms with van der Waals surface area (Å²) < 4.78 is 15.0. The van der Waals surface area contributed by atoms with E-state index in [1.807, 2.05) is 6.92 Å². The summed E-state index contributed by atoms with van der Waals surface area (Å²) in [6, 6.07) is 0. The molecule has 5 nitrogen and oxygen atoms in total. The summed E-state index contributed by atoms with van der Waals surface area (Å²) in [5, 5.41) is 8.44. The minimum atomic E-state index is -3.74. The minimum absolute atomic E-state index is 0.0590. The molecule has 0 fully saturated rings. The van der Waals surface area contributed by atoms with Gasteiger partial charge < -0.3 is 19.6 Å². The number of aliphatic hydroxyl groups is 1. The lowest BCUT2D eigenvalue weighted by atomic mass is 10.1. The molecule has 0 aromatic rings. The van der Waals surface area contributed by atoms with E-state index in [-0.39, 0.29) is 6.16 Å². The van der Waals surface area contributed by atoms with Crippen molar-refractivity contribution in [3.05, 3.63) is 0 Å². The minimum Gasteiger partial charge on any atom is -0.368 e. The molecule has 0 bridgehead atoms. The molecule has 1 unspecified atom stereocenters. The monoisotopic (exact) mass is 340 g/mol. The van der Waals surface area contributed by atoms with Crippen LogP contribution in [0.3, 0.4) is 0 Å². The van der Waals surface area contributed by atoms with Crippen molar-refractivity contribution < 1.29 is 24.2 Å². The molecule has 22 heavy (non-hydrogen) atoms. The number of hydrogen-bond acceptors (Lipinski definition) is 3. The van der Waals surface area contributed by atoms with E-state index in [0.717, 1.165) is 12.8 Å². The van der Waals surface area contributed by atoms with E-state index in [1.54, 1.807) is 0 Å².